The van der Waals surface area contributed by atoms with Gasteiger partial charge in [-0.2, -0.15) is 0 Å². The number of aliphatic hydroxyl groups is 1. The van der Waals surface area contributed by atoms with Crippen molar-refractivity contribution >= 4 is 17.9 Å². The Morgan fingerprint density at radius 1 is 1.26 bits per heavy atom. The molecule has 9 nitrogen and oxygen atoms in total. The minimum Gasteiger partial charge on any atom is -0.480 e. The van der Waals surface area contributed by atoms with Crippen LogP contribution in [0.1, 0.15) is 6.92 Å². The van der Waals surface area contributed by atoms with Gasteiger partial charge in [0.25, 0.3) is 0 Å². The van der Waals surface area contributed by atoms with Gasteiger partial charge >= 0.3 is 12.0 Å². The molecule has 5 N–H and O–H groups in total. The fraction of sp³-hybridized carbons (Fsp3) is 0.700. The molecule has 0 fully saturated rings. The molecule has 0 aliphatic rings. The molecule has 9 heteroatoms. The van der Waals surface area contributed by atoms with Crippen LogP contribution < -0.4 is 16.0 Å². The van der Waals surface area contributed by atoms with Crippen LogP contribution in [0.25, 0.3) is 0 Å². The number of aliphatic hydroxyl groups excluding tert-OH is 1. The highest BCUT2D eigenvalue weighted by Gasteiger charge is 2.21. The van der Waals surface area contributed by atoms with Crippen molar-refractivity contribution in [2.75, 3.05) is 26.9 Å². The lowest BCUT2D eigenvalue weighted by molar-refractivity contribution is -0.140. The summed E-state index contributed by atoms with van der Waals surface area (Å²) in [6, 6.07) is -3.11. The topological polar surface area (TPSA) is 137 Å². The van der Waals surface area contributed by atoms with Gasteiger partial charge in [-0.15, -0.1) is 0 Å². The SMILES string of the molecule is COCCNC(=O)C(C)NC(=O)N[C@@H](CO)C(=O)O. The molecule has 0 aromatic rings. The van der Waals surface area contributed by atoms with E-state index in [0.29, 0.717) is 13.2 Å². The van der Waals surface area contributed by atoms with Gasteiger partial charge in [0, 0.05) is 13.7 Å². The molecule has 3 amide bonds. The van der Waals surface area contributed by atoms with Gasteiger partial charge in [0.2, 0.25) is 5.91 Å². The molecule has 0 spiro atoms. The van der Waals surface area contributed by atoms with Gasteiger partial charge in [0.1, 0.15) is 6.04 Å². The van der Waals surface area contributed by atoms with E-state index in [9.17, 15) is 14.4 Å². The van der Waals surface area contributed by atoms with Crippen LogP contribution in [0.15, 0.2) is 0 Å². The van der Waals surface area contributed by atoms with Crippen molar-refractivity contribution in [1.82, 2.24) is 16.0 Å². The van der Waals surface area contributed by atoms with Crippen molar-refractivity contribution in [2.24, 2.45) is 0 Å². The predicted molar refractivity (Wildman–Crippen MR) is 64.5 cm³/mol. The second kappa shape index (κ2) is 9.11. The largest absolute Gasteiger partial charge is 0.480 e. The summed E-state index contributed by atoms with van der Waals surface area (Å²) < 4.78 is 4.74. The third-order valence-corrected chi connectivity index (χ3v) is 2.13. The van der Waals surface area contributed by atoms with Crippen molar-refractivity contribution in [1.29, 1.82) is 0 Å². The van der Waals surface area contributed by atoms with E-state index >= 15 is 0 Å². The van der Waals surface area contributed by atoms with Crippen LogP contribution in [0, 0.1) is 0 Å². The normalized spacial score (nSPS) is 13.2. The van der Waals surface area contributed by atoms with Crippen molar-refractivity contribution in [3.8, 4) is 0 Å². The molecule has 0 saturated carbocycles. The molecule has 0 heterocycles. The summed E-state index contributed by atoms with van der Waals surface area (Å²) in [4.78, 5) is 33.4. The second-order valence-corrected chi connectivity index (χ2v) is 3.70. The highest BCUT2D eigenvalue weighted by atomic mass is 16.5. The third-order valence-electron chi connectivity index (χ3n) is 2.13. The Labute approximate surface area is 110 Å². The summed E-state index contributed by atoms with van der Waals surface area (Å²) in [6.07, 6.45) is 0. The number of nitrogens with one attached hydrogen (secondary N) is 3. The molecular formula is C10H19N3O6. The summed E-state index contributed by atoms with van der Waals surface area (Å²) in [7, 11) is 1.49. The molecule has 0 bridgehead atoms. The summed E-state index contributed by atoms with van der Waals surface area (Å²) >= 11 is 0. The maximum atomic E-state index is 11.5. The number of carbonyl (C=O) groups is 3. The maximum Gasteiger partial charge on any atom is 0.328 e. The molecule has 0 saturated heterocycles. The number of ether oxygens (including phenoxy) is 1. The lowest BCUT2D eigenvalue weighted by atomic mass is 10.3. The molecule has 2 atom stereocenters. The predicted octanol–water partition coefficient (Wildman–Crippen LogP) is -2.12. The van der Waals surface area contributed by atoms with E-state index in [1.165, 1.54) is 14.0 Å². The Bertz CT molecular complexity index is 322. The first-order valence-electron chi connectivity index (χ1n) is 5.59. The first kappa shape index (κ1) is 17.1. The van der Waals surface area contributed by atoms with Crippen molar-refractivity contribution in [2.45, 2.75) is 19.0 Å². The maximum absolute atomic E-state index is 11.5. The van der Waals surface area contributed by atoms with Gasteiger partial charge in [-0.25, -0.2) is 9.59 Å². The molecule has 0 aromatic carbocycles. The van der Waals surface area contributed by atoms with Crippen LogP contribution in [-0.4, -0.2) is 67.1 Å². The van der Waals surface area contributed by atoms with Crippen LogP contribution in [0.5, 0.6) is 0 Å². The van der Waals surface area contributed by atoms with E-state index in [1.54, 1.807) is 0 Å². The molecule has 1 unspecified atom stereocenters. The number of rotatable bonds is 8. The van der Waals surface area contributed by atoms with Crippen molar-refractivity contribution < 1.29 is 29.3 Å². The van der Waals surface area contributed by atoms with E-state index in [4.69, 9.17) is 14.9 Å². The number of hydrogen-bond acceptors (Lipinski definition) is 5. The van der Waals surface area contributed by atoms with Gasteiger partial charge in [-0.3, -0.25) is 4.79 Å². The van der Waals surface area contributed by atoms with Crippen LogP contribution >= 0.6 is 0 Å². The minimum absolute atomic E-state index is 0.303. The standard InChI is InChI=1S/C10H19N3O6/c1-6(8(15)11-3-4-19-2)12-10(18)13-7(5-14)9(16)17/h6-7,14H,3-5H2,1-2H3,(H,11,15)(H,16,17)(H2,12,13,18)/t6?,7-/m0/s1. The number of hydrogen-bond donors (Lipinski definition) is 5. The monoisotopic (exact) mass is 277 g/mol. The van der Waals surface area contributed by atoms with Gasteiger partial charge in [-0.1, -0.05) is 0 Å². The van der Waals surface area contributed by atoms with E-state index in [-0.39, 0.29) is 0 Å². The average molecular weight is 277 g/mol. The van der Waals surface area contributed by atoms with Crippen LogP contribution in [0.2, 0.25) is 0 Å². The highest BCUT2D eigenvalue weighted by molar-refractivity contribution is 5.88. The number of aliphatic carboxylic acids is 1. The number of amides is 3. The first-order valence-corrected chi connectivity index (χ1v) is 5.59. The van der Waals surface area contributed by atoms with Gasteiger partial charge < -0.3 is 30.9 Å². The number of carbonyl (C=O) groups excluding carboxylic acids is 2. The Balaban J connectivity index is 4.10. The minimum atomic E-state index is -1.41. The van der Waals surface area contributed by atoms with Gasteiger partial charge in [-0.05, 0) is 6.92 Å². The van der Waals surface area contributed by atoms with Crippen LogP contribution in [-0.2, 0) is 14.3 Å². The van der Waals surface area contributed by atoms with E-state index in [2.05, 4.69) is 10.6 Å². The zero-order chi connectivity index (χ0) is 14.8. The lowest BCUT2D eigenvalue weighted by Gasteiger charge is -2.16. The Morgan fingerprint density at radius 3 is 2.37 bits per heavy atom. The molecule has 0 aliphatic heterocycles. The second-order valence-electron chi connectivity index (χ2n) is 3.70. The van der Waals surface area contributed by atoms with Crippen LogP contribution in [0.4, 0.5) is 4.79 Å². The van der Waals surface area contributed by atoms with Crippen LogP contribution in [0.3, 0.4) is 0 Å². The molecule has 19 heavy (non-hydrogen) atoms. The summed E-state index contributed by atoms with van der Waals surface area (Å²) in [5.41, 5.74) is 0. The molecule has 0 rings (SSSR count). The Kier molecular flexibility index (Phi) is 8.22. The van der Waals surface area contributed by atoms with E-state index < -0.39 is 36.6 Å². The fourth-order valence-electron chi connectivity index (χ4n) is 1.08. The number of carboxylic acids is 1. The zero-order valence-corrected chi connectivity index (χ0v) is 10.8. The third kappa shape index (κ3) is 7.21. The van der Waals surface area contributed by atoms with Gasteiger partial charge in [0.15, 0.2) is 6.04 Å². The quantitative estimate of drug-likeness (QED) is 0.322. The molecular weight excluding hydrogens is 258 g/mol. The van der Waals surface area contributed by atoms with Crippen molar-refractivity contribution in [3.63, 3.8) is 0 Å². The van der Waals surface area contributed by atoms with E-state index in [1.807, 2.05) is 5.32 Å². The molecule has 110 valence electrons. The summed E-state index contributed by atoms with van der Waals surface area (Å²) in [6.45, 7) is 1.35. The first-order chi connectivity index (χ1) is 8.92. The Morgan fingerprint density at radius 2 is 1.89 bits per heavy atom. The number of methoxy groups -OCH3 is 1. The van der Waals surface area contributed by atoms with E-state index in [0.717, 1.165) is 0 Å². The molecule has 0 aliphatic carbocycles. The highest BCUT2D eigenvalue weighted by Crippen LogP contribution is 1.86. The van der Waals surface area contributed by atoms with Gasteiger partial charge in [0.05, 0.1) is 13.2 Å². The average Bonchev–Trinajstić information content (AvgIpc) is 2.35. The summed E-state index contributed by atoms with van der Waals surface area (Å²) in [5, 5.41) is 24.1. The number of carboxylic acid groups (broad SMARTS) is 1. The number of urea groups is 1. The fourth-order valence-corrected chi connectivity index (χ4v) is 1.08. The van der Waals surface area contributed by atoms with Crippen molar-refractivity contribution in [3.05, 3.63) is 0 Å². The zero-order valence-electron chi connectivity index (χ0n) is 10.8. The molecule has 0 aromatic heterocycles. The smallest absolute Gasteiger partial charge is 0.328 e. The lowest BCUT2D eigenvalue weighted by Crippen LogP contribution is -2.53. The Hall–Kier alpha value is -1.87. The molecule has 0 radical (unpaired) electrons. The summed E-state index contributed by atoms with van der Waals surface area (Å²) in [5.74, 6) is -1.79.